The van der Waals surface area contributed by atoms with Crippen molar-refractivity contribution in [2.45, 2.75) is 19.5 Å². The van der Waals surface area contributed by atoms with Gasteiger partial charge in [0.05, 0.1) is 25.4 Å². The van der Waals surface area contributed by atoms with Crippen LogP contribution in [0.25, 0.3) is 11.3 Å². The number of nitrogens with one attached hydrogen (secondary N) is 1. The minimum atomic E-state index is -1.57. The average Bonchev–Trinajstić information content (AvgIpc) is 3.15. The lowest BCUT2D eigenvalue weighted by molar-refractivity contribution is -0.0231. The molecule has 4 rings (SSSR count). The Kier molecular flexibility index (Phi) is 5.72. The molecule has 3 aromatic rings. The predicted molar refractivity (Wildman–Crippen MR) is 119 cm³/mol. The highest BCUT2D eigenvalue weighted by Crippen LogP contribution is 2.37. The molecule has 1 fully saturated rings. The van der Waals surface area contributed by atoms with E-state index in [0.717, 1.165) is 22.4 Å². The highest BCUT2D eigenvalue weighted by atomic mass is 19.1. The topological polar surface area (TPSA) is 78.5 Å². The van der Waals surface area contributed by atoms with Gasteiger partial charge in [-0.25, -0.2) is 4.39 Å². The molecule has 6 nitrogen and oxygen atoms in total. The minimum Gasteiger partial charge on any atom is -0.474 e. The van der Waals surface area contributed by atoms with E-state index in [2.05, 4.69) is 16.1 Å². The van der Waals surface area contributed by atoms with Crippen molar-refractivity contribution in [1.82, 2.24) is 15.1 Å². The number of benzene rings is 2. The second-order valence-electron chi connectivity index (χ2n) is 7.98. The molecule has 0 unspecified atom stereocenters. The number of halogens is 1. The number of aliphatic hydroxyl groups is 1. The number of likely N-dealkylation sites (tertiary alicyclic amines) is 1. The third kappa shape index (κ3) is 3.85. The maximum absolute atomic E-state index is 15.3. The van der Waals surface area contributed by atoms with Crippen molar-refractivity contribution >= 4 is 5.91 Å². The number of aromatic nitrogens is 2. The fourth-order valence-electron chi connectivity index (χ4n) is 3.88. The van der Waals surface area contributed by atoms with Crippen LogP contribution in [0.4, 0.5) is 4.39 Å². The molecule has 1 aliphatic rings. The molecule has 32 heavy (non-hydrogen) atoms. The van der Waals surface area contributed by atoms with Gasteiger partial charge in [0.15, 0.2) is 5.67 Å². The quantitative estimate of drug-likeness (QED) is 0.585. The first-order valence-corrected chi connectivity index (χ1v) is 10.3. The molecular weight excluding hydrogens is 409 g/mol. The zero-order chi connectivity index (χ0) is 22.9. The molecule has 0 atom stereocenters. The molecule has 7 heteroatoms. The lowest BCUT2D eigenvalue weighted by Crippen LogP contribution is -2.58. The third-order valence-corrected chi connectivity index (χ3v) is 5.79. The normalized spacial score (nSPS) is 14.5. The zero-order valence-electron chi connectivity index (χ0n) is 18.0. The Labute approximate surface area is 186 Å². The van der Waals surface area contributed by atoms with E-state index in [1.165, 1.54) is 4.90 Å². The number of nitrogens with zero attached hydrogens (tertiary/aromatic N) is 2. The lowest BCUT2D eigenvalue weighted by Gasteiger charge is -2.44. The van der Waals surface area contributed by atoms with E-state index >= 15 is 4.39 Å². The van der Waals surface area contributed by atoms with Gasteiger partial charge in [-0.2, -0.15) is 0 Å². The van der Waals surface area contributed by atoms with Crippen LogP contribution < -0.4 is 4.74 Å². The monoisotopic (exact) mass is 433 g/mol. The summed E-state index contributed by atoms with van der Waals surface area (Å²) in [5, 5.41) is 16.1. The molecule has 0 spiro atoms. The summed E-state index contributed by atoms with van der Waals surface area (Å²) in [5.41, 5.74) is 3.41. The number of ether oxygens (including phenoxy) is 1. The van der Waals surface area contributed by atoms with Crippen molar-refractivity contribution in [2.75, 3.05) is 26.3 Å². The number of aryl methyl sites for hydroxylation is 1. The summed E-state index contributed by atoms with van der Waals surface area (Å²) < 4.78 is 20.7. The van der Waals surface area contributed by atoms with Crippen molar-refractivity contribution in [3.05, 3.63) is 70.3 Å². The summed E-state index contributed by atoms with van der Waals surface area (Å²) in [6.45, 7) is 3.82. The highest BCUT2D eigenvalue weighted by Gasteiger charge is 2.47. The Morgan fingerprint density at radius 1 is 1.28 bits per heavy atom. The maximum Gasteiger partial charge on any atom is 0.254 e. The third-order valence-electron chi connectivity index (χ3n) is 5.79. The Morgan fingerprint density at radius 2 is 2.00 bits per heavy atom. The molecule has 0 bridgehead atoms. The van der Waals surface area contributed by atoms with Gasteiger partial charge < -0.3 is 14.7 Å². The van der Waals surface area contributed by atoms with Gasteiger partial charge >= 0.3 is 0 Å². The number of carbonyl (C=O) groups excluding carboxylic acids is 1. The van der Waals surface area contributed by atoms with Crippen LogP contribution in [0.1, 0.15) is 32.6 Å². The second-order valence-corrected chi connectivity index (χ2v) is 7.98. The Bertz CT molecular complexity index is 1190. The van der Waals surface area contributed by atoms with E-state index in [1.54, 1.807) is 36.4 Å². The SMILES string of the molecule is C#Cc1ccc(C2(F)CN(C(=O)c3ccc(C)c(-c4[nH]nc(OCCO)c4C)c3)C2)cc1. The number of carbonyl (C=O) groups is 1. The summed E-state index contributed by atoms with van der Waals surface area (Å²) in [5.74, 6) is 2.70. The van der Waals surface area contributed by atoms with E-state index in [-0.39, 0.29) is 32.2 Å². The molecule has 0 radical (unpaired) electrons. The van der Waals surface area contributed by atoms with Crippen molar-refractivity contribution < 1.29 is 19.0 Å². The number of terminal acetylenes is 1. The van der Waals surface area contributed by atoms with Crippen LogP contribution in [0.15, 0.2) is 42.5 Å². The molecule has 1 amide bonds. The Morgan fingerprint density at radius 3 is 2.66 bits per heavy atom. The predicted octanol–water partition coefficient (Wildman–Crippen LogP) is 3.37. The summed E-state index contributed by atoms with van der Waals surface area (Å²) in [6, 6.07) is 12.2. The lowest BCUT2D eigenvalue weighted by atomic mass is 9.86. The van der Waals surface area contributed by atoms with E-state index in [0.29, 0.717) is 22.6 Å². The molecular formula is C25H24FN3O3. The van der Waals surface area contributed by atoms with Gasteiger partial charge in [0, 0.05) is 22.3 Å². The van der Waals surface area contributed by atoms with E-state index in [4.69, 9.17) is 16.3 Å². The van der Waals surface area contributed by atoms with Crippen LogP contribution in [0.2, 0.25) is 0 Å². The molecule has 164 valence electrons. The van der Waals surface area contributed by atoms with Gasteiger partial charge in [-0.3, -0.25) is 9.89 Å². The van der Waals surface area contributed by atoms with Crippen LogP contribution >= 0.6 is 0 Å². The average molecular weight is 433 g/mol. The second kappa shape index (κ2) is 8.48. The van der Waals surface area contributed by atoms with Gasteiger partial charge in [-0.15, -0.1) is 11.5 Å². The largest absolute Gasteiger partial charge is 0.474 e. The van der Waals surface area contributed by atoms with Gasteiger partial charge in [0.2, 0.25) is 5.88 Å². The van der Waals surface area contributed by atoms with E-state index in [1.807, 2.05) is 19.9 Å². The Hall–Kier alpha value is -3.63. The molecule has 1 aliphatic heterocycles. The highest BCUT2D eigenvalue weighted by molar-refractivity contribution is 5.96. The number of aliphatic hydroxyl groups excluding tert-OH is 1. The molecule has 0 saturated carbocycles. The minimum absolute atomic E-state index is 0.00727. The molecule has 1 aromatic heterocycles. The number of aromatic amines is 1. The molecule has 2 aromatic carbocycles. The fraction of sp³-hybridized carbons (Fsp3) is 0.280. The van der Waals surface area contributed by atoms with Gasteiger partial charge in [0.25, 0.3) is 5.91 Å². The van der Waals surface area contributed by atoms with Gasteiger partial charge in [0.1, 0.15) is 6.61 Å². The number of rotatable bonds is 6. The van der Waals surface area contributed by atoms with Gasteiger partial charge in [-0.1, -0.05) is 24.1 Å². The summed E-state index contributed by atoms with van der Waals surface area (Å²) >= 11 is 0. The van der Waals surface area contributed by atoms with E-state index in [9.17, 15) is 4.79 Å². The van der Waals surface area contributed by atoms with Crippen LogP contribution in [0, 0.1) is 26.2 Å². The standard InChI is InChI=1S/C25H24FN3O3/c1-4-18-6-9-20(10-7-18)25(26)14-29(15-25)24(31)19-8-5-16(2)21(13-19)22-17(3)23(28-27-22)32-12-11-30/h1,5-10,13,30H,11-12,14-15H2,2-3H3,(H,27,28). The van der Waals surface area contributed by atoms with Crippen LogP contribution in [-0.4, -0.2) is 52.4 Å². The number of hydrogen-bond donors (Lipinski definition) is 2. The molecule has 2 heterocycles. The van der Waals surface area contributed by atoms with Crippen molar-refractivity contribution in [1.29, 1.82) is 0 Å². The van der Waals surface area contributed by atoms with Crippen LogP contribution in [0.5, 0.6) is 5.88 Å². The fourth-order valence-corrected chi connectivity index (χ4v) is 3.88. The number of amides is 1. The van der Waals surface area contributed by atoms with E-state index < -0.39 is 5.67 Å². The van der Waals surface area contributed by atoms with Crippen molar-refractivity contribution in [2.24, 2.45) is 0 Å². The van der Waals surface area contributed by atoms with Crippen LogP contribution in [0.3, 0.4) is 0 Å². The molecule has 0 aliphatic carbocycles. The number of H-pyrrole nitrogens is 1. The summed E-state index contributed by atoms with van der Waals surface area (Å²) in [7, 11) is 0. The van der Waals surface area contributed by atoms with Crippen molar-refractivity contribution in [3.8, 4) is 29.5 Å². The first kappa shape index (κ1) is 21.6. The van der Waals surface area contributed by atoms with Gasteiger partial charge in [-0.05, 0) is 49.2 Å². The molecule has 2 N–H and O–H groups in total. The first-order valence-electron chi connectivity index (χ1n) is 10.3. The summed E-state index contributed by atoms with van der Waals surface area (Å²) in [4.78, 5) is 14.5. The first-order chi connectivity index (χ1) is 15.4. The summed E-state index contributed by atoms with van der Waals surface area (Å²) in [6.07, 6.45) is 5.36. The van der Waals surface area contributed by atoms with Crippen LogP contribution in [-0.2, 0) is 5.67 Å². The number of hydrogen-bond acceptors (Lipinski definition) is 4. The number of alkyl halides is 1. The maximum atomic E-state index is 15.3. The smallest absolute Gasteiger partial charge is 0.254 e. The zero-order valence-corrected chi connectivity index (χ0v) is 18.0. The Balaban J connectivity index is 1.52. The van der Waals surface area contributed by atoms with Crippen molar-refractivity contribution in [3.63, 3.8) is 0 Å². The molecule has 1 saturated heterocycles.